The predicted octanol–water partition coefficient (Wildman–Crippen LogP) is 5.82. The van der Waals surface area contributed by atoms with Gasteiger partial charge in [0.2, 0.25) is 5.16 Å². The molecule has 0 saturated heterocycles. The summed E-state index contributed by atoms with van der Waals surface area (Å²) in [5, 5.41) is 14.7. The molecule has 0 saturated carbocycles. The van der Waals surface area contributed by atoms with E-state index in [1.165, 1.54) is 5.56 Å². The number of hydrogen-bond acceptors (Lipinski definition) is 4. The third-order valence-electron chi connectivity index (χ3n) is 3.65. The first kappa shape index (κ1) is 19.1. The SMILES string of the molecule is CCCc1nnc(SCc2ccc(Br)cc2)n1/N=C\c1ccccc1Cl. The van der Waals surface area contributed by atoms with Gasteiger partial charge in [0, 0.05) is 27.2 Å². The highest BCUT2D eigenvalue weighted by molar-refractivity contribution is 9.10. The van der Waals surface area contributed by atoms with Gasteiger partial charge in [-0.05, 0) is 30.2 Å². The Kier molecular flexibility index (Phi) is 6.88. The number of rotatable bonds is 7. The van der Waals surface area contributed by atoms with Crippen LogP contribution in [-0.2, 0) is 12.2 Å². The van der Waals surface area contributed by atoms with Gasteiger partial charge in [0.05, 0.1) is 6.21 Å². The fraction of sp³-hybridized carbons (Fsp3) is 0.211. The van der Waals surface area contributed by atoms with E-state index in [1.807, 2.05) is 41.1 Å². The summed E-state index contributed by atoms with van der Waals surface area (Å²) in [6.07, 6.45) is 3.57. The number of benzene rings is 2. The molecule has 4 nitrogen and oxygen atoms in total. The fourth-order valence-electron chi connectivity index (χ4n) is 2.31. The Bertz CT molecular complexity index is 893. The molecule has 0 N–H and O–H groups in total. The smallest absolute Gasteiger partial charge is 0.191 e. The molecule has 1 heterocycles. The van der Waals surface area contributed by atoms with Crippen molar-refractivity contribution in [3.8, 4) is 0 Å². The minimum Gasteiger partial charge on any atom is -0.191 e. The van der Waals surface area contributed by atoms with Crippen molar-refractivity contribution in [1.29, 1.82) is 0 Å². The second kappa shape index (κ2) is 9.35. The fourth-order valence-corrected chi connectivity index (χ4v) is 3.62. The van der Waals surface area contributed by atoms with E-state index >= 15 is 0 Å². The zero-order chi connectivity index (χ0) is 18.4. The van der Waals surface area contributed by atoms with E-state index in [0.717, 1.165) is 39.6 Å². The quantitative estimate of drug-likeness (QED) is 0.337. The first-order valence-corrected chi connectivity index (χ1v) is 10.4. The van der Waals surface area contributed by atoms with Gasteiger partial charge in [0.1, 0.15) is 0 Å². The molecule has 0 spiro atoms. The van der Waals surface area contributed by atoms with E-state index in [0.29, 0.717) is 5.02 Å². The second-order valence-electron chi connectivity index (χ2n) is 5.64. The van der Waals surface area contributed by atoms with Crippen LogP contribution in [0.3, 0.4) is 0 Å². The Morgan fingerprint density at radius 3 is 2.65 bits per heavy atom. The molecular formula is C19H18BrClN4S. The molecule has 134 valence electrons. The molecule has 26 heavy (non-hydrogen) atoms. The molecule has 0 fully saturated rings. The van der Waals surface area contributed by atoms with Gasteiger partial charge < -0.3 is 0 Å². The summed E-state index contributed by atoms with van der Waals surface area (Å²) in [6.45, 7) is 2.12. The highest BCUT2D eigenvalue weighted by Gasteiger charge is 2.12. The van der Waals surface area contributed by atoms with Crippen LogP contribution < -0.4 is 0 Å². The third kappa shape index (κ3) is 4.96. The molecule has 7 heteroatoms. The Balaban J connectivity index is 1.81. The highest BCUT2D eigenvalue weighted by atomic mass is 79.9. The lowest BCUT2D eigenvalue weighted by Crippen LogP contribution is -2.00. The number of aryl methyl sites for hydroxylation is 1. The van der Waals surface area contributed by atoms with Crippen molar-refractivity contribution >= 4 is 45.5 Å². The largest absolute Gasteiger partial charge is 0.212 e. The normalized spacial score (nSPS) is 11.3. The number of nitrogens with zero attached hydrogens (tertiary/aromatic N) is 4. The van der Waals surface area contributed by atoms with Gasteiger partial charge in [0.15, 0.2) is 5.82 Å². The van der Waals surface area contributed by atoms with Crippen molar-refractivity contribution < 1.29 is 0 Å². The van der Waals surface area contributed by atoms with Crippen LogP contribution in [0.25, 0.3) is 0 Å². The van der Waals surface area contributed by atoms with Crippen LogP contribution in [-0.4, -0.2) is 21.1 Å². The van der Waals surface area contributed by atoms with Gasteiger partial charge >= 0.3 is 0 Å². The Morgan fingerprint density at radius 1 is 1.15 bits per heavy atom. The van der Waals surface area contributed by atoms with Crippen LogP contribution in [0.4, 0.5) is 0 Å². The van der Waals surface area contributed by atoms with Crippen molar-refractivity contribution in [2.75, 3.05) is 0 Å². The molecule has 0 aliphatic heterocycles. The van der Waals surface area contributed by atoms with E-state index in [1.54, 1.807) is 18.0 Å². The summed E-state index contributed by atoms with van der Waals surface area (Å²) >= 11 is 11.3. The van der Waals surface area contributed by atoms with Crippen LogP contribution in [0.15, 0.2) is 63.3 Å². The molecular weight excluding hydrogens is 432 g/mol. The van der Waals surface area contributed by atoms with E-state index in [2.05, 4.69) is 50.3 Å². The van der Waals surface area contributed by atoms with Crippen molar-refractivity contribution in [3.05, 3.63) is 75.0 Å². The number of halogens is 2. The number of aromatic nitrogens is 3. The Hall–Kier alpha value is -1.63. The van der Waals surface area contributed by atoms with Crippen LogP contribution in [0.5, 0.6) is 0 Å². The van der Waals surface area contributed by atoms with E-state index in [-0.39, 0.29) is 0 Å². The van der Waals surface area contributed by atoms with Gasteiger partial charge in [-0.2, -0.15) is 9.78 Å². The maximum absolute atomic E-state index is 6.22. The molecule has 3 rings (SSSR count). The molecule has 1 aromatic heterocycles. The lowest BCUT2D eigenvalue weighted by molar-refractivity contribution is 0.700. The summed E-state index contributed by atoms with van der Waals surface area (Å²) in [6, 6.07) is 15.9. The molecule has 3 aromatic rings. The van der Waals surface area contributed by atoms with Crippen molar-refractivity contribution in [3.63, 3.8) is 0 Å². The molecule has 0 radical (unpaired) electrons. The zero-order valence-corrected chi connectivity index (χ0v) is 17.4. The Morgan fingerprint density at radius 2 is 1.92 bits per heavy atom. The van der Waals surface area contributed by atoms with Crippen LogP contribution in [0.1, 0.15) is 30.3 Å². The summed E-state index contributed by atoms with van der Waals surface area (Å²) in [7, 11) is 0. The average molecular weight is 450 g/mol. The van der Waals surface area contributed by atoms with Crippen molar-refractivity contribution in [1.82, 2.24) is 14.9 Å². The molecule has 0 aliphatic carbocycles. The van der Waals surface area contributed by atoms with Crippen molar-refractivity contribution in [2.24, 2.45) is 5.10 Å². The third-order valence-corrected chi connectivity index (χ3v) is 5.51. The zero-order valence-electron chi connectivity index (χ0n) is 14.3. The van der Waals surface area contributed by atoms with Gasteiger partial charge in [-0.1, -0.05) is 76.5 Å². The van der Waals surface area contributed by atoms with Gasteiger partial charge in [0.25, 0.3) is 0 Å². The first-order valence-electron chi connectivity index (χ1n) is 8.27. The second-order valence-corrected chi connectivity index (χ2v) is 7.91. The van der Waals surface area contributed by atoms with Crippen LogP contribution >= 0.6 is 39.3 Å². The number of hydrogen-bond donors (Lipinski definition) is 0. The minimum atomic E-state index is 0.672. The predicted molar refractivity (Wildman–Crippen MR) is 112 cm³/mol. The van der Waals surface area contributed by atoms with Crippen molar-refractivity contribution in [2.45, 2.75) is 30.7 Å². The molecule has 0 aliphatic rings. The minimum absolute atomic E-state index is 0.672. The lowest BCUT2D eigenvalue weighted by Gasteiger charge is -2.05. The summed E-state index contributed by atoms with van der Waals surface area (Å²) in [4.78, 5) is 0. The maximum Gasteiger partial charge on any atom is 0.212 e. The summed E-state index contributed by atoms with van der Waals surface area (Å²) in [5.41, 5.74) is 2.09. The van der Waals surface area contributed by atoms with Gasteiger partial charge in [-0.15, -0.1) is 10.2 Å². The molecule has 0 bridgehead atoms. The van der Waals surface area contributed by atoms with Crippen LogP contribution in [0, 0.1) is 0 Å². The van der Waals surface area contributed by atoms with E-state index < -0.39 is 0 Å². The molecule has 2 aromatic carbocycles. The van der Waals surface area contributed by atoms with Gasteiger partial charge in [-0.3, -0.25) is 0 Å². The Labute approximate surface area is 170 Å². The summed E-state index contributed by atoms with van der Waals surface area (Å²) < 4.78 is 2.89. The van der Waals surface area contributed by atoms with Gasteiger partial charge in [-0.25, -0.2) is 0 Å². The molecule has 0 amide bonds. The topological polar surface area (TPSA) is 43.1 Å². The van der Waals surface area contributed by atoms with E-state index in [9.17, 15) is 0 Å². The highest BCUT2D eigenvalue weighted by Crippen LogP contribution is 2.23. The standard InChI is InChI=1S/C19H18BrClN4S/c1-2-5-18-23-24-19(26-13-14-8-10-16(20)11-9-14)25(18)22-12-15-6-3-4-7-17(15)21/h3-4,6-12H,2,5,13H2,1H3/b22-12-. The monoisotopic (exact) mass is 448 g/mol. The molecule has 0 unspecified atom stereocenters. The average Bonchev–Trinajstić information content (AvgIpc) is 3.03. The number of thioether (sulfide) groups is 1. The lowest BCUT2D eigenvalue weighted by atomic mass is 10.2. The van der Waals surface area contributed by atoms with E-state index in [4.69, 9.17) is 11.6 Å². The maximum atomic E-state index is 6.22. The molecule has 0 atom stereocenters. The van der Waals surface area contributed by atoms with Crippen LogP contribution in [0.2, 0.25) is 5.02 Å². The first-order chi connectivity index (χ1) is 12.7. The summed E-state index contributed by atoms with van der Waals surface area (Å²) in [5.74, 6) is 1.66.